The molecule has 0 fully saturated rings. The summed E-state index contributed by atoms with van der Waals surface area (Å²) >= 11 is 0. The number of pyridine rings is 2. The second-order valence-corrected chi connectivity index (χ2v) is 17.9. The number of aryl methyl sites for hydroxylation is 2. The van der Waals surface area contributed by atoms with Crippen molar-refractivity contribution in [1.82, 2.24) is 30.8 Å². The molecule has 17 nitrogen and oxygen atoms in total. The predicted octanol–water partition coefficient (Wildman–Crippen LogP) is 4.01. The number of amides is 5. The molecule has 70 heavy (non-hydrogen) atoms. The first-order chi connectivity index (χ1) is 33.9. The topological polar surface area (TPSA) is 236 Å². The molecule has 2 atom stereocenters. The van der Waals surface area contributed by atoms with Crippen LogP contribution in [0.2, 0.25) is 0 Å². The summed E-state index contributed by atoms with van der Waals surface area (Å²) in [7, 11) is 0. The van der Waals surface area contributed by atoms with Crippen LogP contribution in [0.1, 0.15) is 70.2 Å². The molecule has 4 aliphatic rings. The standard InChI is InChI=1S/C53H49N7O10/c1-2-53(68)39-22-43-48-36(26-60(43)50(65)38(39)28-69-51(53)66)34-17-10-18-35-40(19-20-41(59-48)47(34)35)57-46(63)25-55-49(64)42(21-29-11-4-3-5-12-29)58-45(62)24-54-44(61)23-56-52(67)70-27-37-32-15-8-6-13-30(32)31-14-7-9-16-33(31)37/h3-9,11-16,19-20,22,37,42,68H,2,10,17-18,21,23-28H2,1H3,(H,54,61)(H,55,64)(H,56,67)(H,57,63)(H,58,62)/t42-,53-/m0/s1. The van der Waals surface area contributed by atoms with Crippen LogP contribution >= 0.6 is 0 Å². The lowest BCUT2D eigenvalue weighted by molar-refractivity contribution is -0.172. The van der Waals surface area contributed by atoms with Gasteiger partial charge in [0.2, 0.25) is 23.6 Å². The molecule has 356 valence electrons. The number of nitrogens with one attached hydrogen (secondary N) is 5. The van der Waals surface area contributed by atoms with Gasteiger partial charge in [-0.3, -0.25) is 24.0 Å². The minimum absolute atomic E-state index is 0.0360. The Kier molecular flexibility index (Phi) is 12.2. The first kappa shape index (κ1) is 45.6. The van der Waals surface area contributed by atoms with Crippen LogP contribution in [0.3, 0.4) is 0 Å². The Morgan fingerprint density at radius 2 is 1.49 bits per heavy atom. The highest BCUT2D eigenvalue weighted by molar-refractivity contribution is 6.01. The van der Waals surface area contributed by atoms with Gasteiger partial charge in [0.25, 0.3) is 5.56 Å². The fourth-order valence-electron chi connectivity index (χ4n) is 10.3. The molecule has 4 aromatic carbocycles. The number of ether oxygens (including phenoxy) is 2. The summed E-state index contributed by atoms with van der Waals surface area (Å²) in [5, 5.41) is 25.3. The minimum Gasteiger partial charge on any atom is -0.458 e. The zero-order valence-electron chi connectivity index (χ0n) is 38.2. The molecular weight excluding hydrogens is 895 g/mol. The van der Waals surface area contributed by atoms with Gasteiger partial charge in [0.05, 0.1) is 42.1 Å². The number of aromatic nitrogens is 2. The Hall–Kier alpha value is -8.18. The highest BCUT2D eigenvalue weighted by Gasteiger charge is 2.45. The Morgan fingerprint density at radius 3 is 2.23 bits per heavy atom. The van der Waals surface area contributed by atoms with E-state index in [2.05, 4.69) is 26.6 Å². The Morgan fingerprint density at radius 1 is 0.800 bits per heavy atom. The zero-order valence-corrected chi connectivity index (χ0v) is 38.2. The molecule has 0 saturated carbocycles. The Balaban J connectivity index is 0.753. The van der Waals surface area contributed by atoms with Crippen molar-refractivity contribution < 1.29 is 43.3 Å². The van der Waals surface area contributed by atoms with Gasteiger partial charge in [-0.25, -0.2) is 14.6 Å². The van der Waals surface area contributed by atoms with Crippen molar-refractivity contribution in [3.05, 3.63) is 152 Å². The second kappa shape index (κ2) is 18.7. The molecule has 0 bridgehead atoms. The van der Waals surface area contributed by atoms with Gasteiger partial charge in [0, 0.05) is 34.5 Å². The van der Waals surface area contributed by atoms with Gasteiger partial charge < -0.3 is 45.7 Å². The number of alkyl carbamates (subject to hydrolysis) is 1. The Labute approximate surface area is 401 Å². The number of aliphatic hydroxyl groups is 1. The van der Waals surface area contributed by atoms with E-state index < -0.39 is 67.0 Å². The van der Waals surface area contributed by atoms with Gasteiger partial charge in [-0.1, -0.05) is 85.8 Å². The van der Waals surface area contributed by atoms with Gasteiger partial charge in [-0.05, 0) is 82.8 Å². The fraction of sp³-hybridized carbons (Fsp3) is 0.283. The average Bonchev–Trinajstić information content (AvgIpc) is 3.91. The molecule has 0 radical (unpaired) electrons. The number of carbonyl (C=O) groups is 6. The van der Waals surface area contributed by atoms with E-state index in [1.807, 2.05) is 54.6 Å². The van der Waals surface area contributed by atoms with E-state index in [-0.39, 0.29) is 55.2 Å². The number of hydrogen-bond donors (Lipinski definition) is 6. The van der Waals surface area contributed by atoms with Crippen molar-refractivity contribution in [3.8, 4) is 22.5 Å². The highest BCUT2D eigenvalue weighted by atomic mass is 16.6. The van der Waals surface area contributed by atoms with Gasteiger partial charge in [0.1, 0.15) is 25.8 Å². The van der Waals surface area contributed by atoms with Crippen LogP contribution < -0.4 is 32.1 Å². The number of esters is 1. The van der Waals surface area contributed by atoms with E-state index in [1.165, 1.54) is 0 Å². The number of anilines is 1. The van der Waals surface area contributed by atoms with E-state index >= 15 is 0 Å². The van der Waals surface area contributed by atoms with Gasteiger partial charge in [0.15, 0.2) is 5.60 Å². The van der Waals surface area contributed by atoms with Crippen molar-refractivity contribution in [1.29, 1.82) is 0 Å². The summed E-state index contributed by atoms with van der Waals surface area (Å²) < 4.78 is 12.3. The van der Waals surface area contributed by atoms with E-state index in [9.17, 15) is 38.7 Å². The SMILES string of the molecule is CC[C@@]1(O)C(=O)OCc2c1cc1n(c2=O)Cc2c-1nc1ccc(NC(=O)CNC(=O)[C@H](Cc3ccccc3)NC(=O)CNC(=O)CNC(=O)OCC3c4ccccc4-c4ccccc43)c3c1c2CCC3. The number of nitrogens with zero attached hydrogens (tertiary/aromatic N) is 2. The summed E-state index contributed by atoms with van der Waals surface area (Å²) in [6.07, 6.45) is 1.46. The molecule has 2 aromatic heterocycles. The third-order valence-corrected chi connectivity index (χ3v) is 13.7. The quantitative estimate of drug-likeness (QED) is 0.0853. The molecule has 10 rings (SSSR count). The molecule has 0 saturated heterocycles. The second-order valence-electron chi connectivity index (χ2n) is 17.9. The highest BCUT2D eigenvalue weighted by Crippen LogP contribution is 2.45. The summed E-state index contributed by atoms with van der Waals surface area (Å²) in [6, 6.07) is 29.0. The first-order valence-corrected chi connectivity index (χ1v) is 23.3. The van der Waals surface area contributed by atoms with Crippen LogP contribution in [-0.4, -0.2) is 82.6 Å². The monoisotopic (exact) mass is 943 g/mol. The molecule has 0 unspecified atom stereocenters. The van der Waals surface area contributed by atoms with Crippen molar-refractivity contribution in [2.45, 2.75) is 69.7 Å². The Bertz CT molecular complexity index is 3180. The van der Waals surface area contributed by atoms with Crippen LogP contribution in [0.15, 0.2) is 102 Å². The maximum atomic E-state index is 13.8. The van der Waals surface area contributed by atoms with Crippen molar-refractivity contribution in [3.63, 3.8) is 0 Å². The summed E-state index contributed by atoms with van der Waals surface area (Å²) in [6.45, 7) is 0.408. The smallest absolute Gasteiger partial charge is 0.407 e. The number of hydrogen-bond acceptors (Lipinski definition) is 11. The average molecular weight is 944 g/mol. The number of cyclic esters (lactones) is 1. The molecule has 2 aliphatic heterocycles. The lowest BCUT2D eigenvalue weighted by Crippen LogP contribution is -2.52. The van der Waals surface area contributed by atoms with Crippen LogP contribution in [0.5, 0.6) is 0 Å². The summed E-state index contributed by atoms with van der Waals surface area (Å²) in [4.78, 5) is 97.1. The van der Waals surface area contributed by atoms with Gasteiger partial charge in [-0.2, -0.15) is 0 Å². The van der Waals surface area contributed by atoms with Crippen LogP contribution in [0.4, 0.5) is 10.5 Å². The van der Waals surface area contributed by atoms with Gasteiger partial charge >= 0.3 is 12.1 Å². The molecule has 6 aromatic rings. The van der Waals surface area contributed by atoms with E-state index in [0.29, 0.717) is 35.4 Å². The lowest BCUT2D eigenvalue weighted by Gasteiger charge is -2.31. The third-order valence-electron chi connectivity index (χ3n) is 13.7. The maximum Gasteiger partial charge on any atom is 0.407 e. The largest absolute Gasteiger partial charge is 0.458 e. The van der Waals surface area contributed by atoms with Crippen molar-refractivity contribution >= 4 is 52.3 Å². The van der Waals surface area contributed by atoms with Crippen molar-refractivity contribution in [2.24, 2.45) is 0 Å². The number of fused-ring (bicyclic) bond motifs is 8. The molecule has 4 heterocycles. The fourth-order valence-corrected chi connectivity index (χ4v) is 10.3. The predicted molar refractivity (Wildman–Crippen MR) is 256 cm³/mol. The molecule has 0 spiro atoms. The number of benzene rings is 4. The van der Waals surface area contributed by atoms with Crippen molar-refractivity contribution in [2.75, 3.05) is 31.6 Å². The maximum absolute atomic E-state index is 13.8. The third kappa shape index (κ3) is 8.42. The zero-order chi connectivity index (χ0) is 48.7. The minimum atomic E-state index is -1.94. The first-order valence-electron chi connectivity index (χ1n) is 23.3. The van der Waals surface area contributed by atoms with E-state index in [1.54, 1.807) is 54.0 Å². The molecule has 5 amide bonds. The van der Waals surface area contributed by atoms with E-state index in [0.717, 1.165) is 56.3 Å². The number of rotatable bonds is 14. The molecule has 6 N–H and O–H groups in total. The molecule has 17 heteroatoms. The normalized spacial score (nSPS) is 16.3. The van der Waals surface area contributed by atoms with Crippen LogP contribution in [-0.2, 0) is 71.5 Å². The lowest BCUT2D eigenvalue weighted by atomic mass is 9.85. The van der Waals surface area contributed by atoms with E-state index in [4.69, 9.17) is 14.5 Å². The number of carbonyl (C=O) groups excluding carboxylic acids is 6. The summed E-state index contributed by atoms with van der Waals surface area (Å²) in [5.74, 6) is -3.39. The van der Waals surface area contributed by atoms with Crippen LogP contribution in [0, 0.1) is 0 Å². The molecule has 2 aliphatic carbocycles. The summed E-state index contributed by atoms with van der Waals surface area (Å²) in [5.41, 5.74) is 8.31. The van der Waals surface area contributed by atoms with Gasteiger partial charge in [-0.15, -0.1) is 0 Å². The molecular formula is C53H49N7O10. The van der Waals surface area contributed by atoms with Crippen LogP contribution in [0.25, 0.3) is 33.4 Å².